The first-order valence-electron chi connectivity index (χ1n) is 6.75. The predicted octanol–water partition coefficient (Wildman–Crippen LogP) is 3.41. The van der Waals surface area contributed by atoms with Gasteiger partial charge in [0, 0.05) is 18.6 Å². The lowest BCUT2D eigenvalue weighted by atomic mass is 10.1. The van der Waals surface area contributed by atoms with E-state index in [0.29, 0.717) is 12.0 Å². The molecule has 4 heteroatoms. The Balaban J connectivity index is 2.08. The number of hydrogen-bond donors (Lipinski definition) is 1. The zero-order valence-electron chi connectivity index (χ0n) is 11.8. The summed E-state index contributed by atoms with van der Waals surface area (Å²) in [7, 11) is 1.74. The van der Waals surface area contributed by atoms with Crippen LogP contribution in [0.2, 0.25) is 0 Å². The van der Waals surface area contributed by atoms with Crippen LogP contribution in [0, 0.1) is 5.92 Å². The number of anilines is 1. The van der Waals surface area contributed by atoms with E-state index in [-0.39, 0.29) is 0 Å². The van der Waals surface area contributed by atoms with Gasteiger partial charge in [-0.05, 0) is 30.9 Å². The molecule has 0 amide bonds. The summed E-state index contributed by atoms with van der Waals surface area (Å²) in [6, 6.07) is 8.77. The molecule has 1 aromatic rings. The van der Waals surface area contributed by atoms with E-state index in [1.165, 1.54) is 5.56 Å². The van der Waals surface area contributed by atoms with Crippen molar-refractivity contribution < 1.29 is 4.74 Å². The lowest BCUT2D eigenvalue weighted by Crippen LogP contribution is -2.25. The largest absolute Gasteiger partial charge is 0.384 e. The molecule has 0 radical (unpaired) electrons. The molecule has 2 unspecified atom stereocenters. The average Bonchev–Trinajstić information content (AvgIpc) is 2.42. The van der Waals surface area contributed by atoms with Gasteiger partial charge in [-0.15, -0.1) is 0 Å². The van der Waals surface area contributed by atoms with Crippen LogP contribution < -0.4 is 5.32 Å². The summed E-state index contributed by atoms with van der Waals surface area (Å²) < 4.78 is 5.16. The molecule has 0 bridgehead atoms. The van der Waals surface area contributed by atoms with Crippen molar-refractivity contribution >= 4 is 22.6 Å². The second-order valence-electron chi connectivity index (χ2n) is 4.99. The Kier molecular flexibility index (Phi) is 5.28. The number of ether oxygens (including phenoxy) is 1. The SMILES string of the molecule is COCCc1ccccc1NC1=NC(C)C(C)CS1. The van der Waals surface area contributed by atoms with Crippen molar-refractivity contribution in [1.82, 2.24) is 0 Å². The molecule has 0 saturated carbocycles. The Bertz CT molecular complexity index is 448. The van der Waals surface area contributed by atoms with E-state index < -0.39 is 0 Å². The number of aliphatic imine (C=N–C) groups is 1. The predicted molar refractivity (Wildman–Crippen MR) is 84.2 cm³/mol. The minimum Gasteiger partial charge on any atom is -0.384 e. The third-order valence-electron chi connectivity index (χ3n) is 3.46. The highest BCUT2D eigenvalue weighted by atomic mass is 32.2. The summed E-state index contributed by atoms with van der Waals surface area (Å²) in [5, 5.41) is 4.50. The highest BCUT2D eigenvalue weighted by molar-refractivity contribution is 8.14. The maximum absolute atomic E-state index is 5.16. The van der Waals surface area contributed by atoms with E-state index in [1.807, 2.05) is 11.8 Å². The zero-order chi connectivity index (χ0) is 13.7. The molecule has 1 aliphatic rings. The van der Waals surface area contributed by atoms with E-state index in [0.717, 1.165) is 29.6 Å². The molecule has 0 saturated heterocycles. The van der Waals surface area contributed by atoms with Gasteiger partial charge in [-0.3, -0.25) is 4.99 Å². The number of nitrogens with one attached hydrogen (secondary N) is 1. The van der Waals surface area contributed by atoms with Gasteiger partial charge in [0.15, 0.2) is 5.17 Å². The Morgan fingerprint density at radius 3 is 2.89 bits per heavy atom. The van der Waals surface area contributed by atoms with Crippen LogP contribution in [0.5, 0.6) is 0 Å². The summed E-state index contributed by atoms with van der Waals surface area (Å²) in [5.41, 5.74) is 2.42. The van der Waals surface area contributed by atoms with Crippen molar-refractivity contribution in [3.8, 4) is 0 Å². The van der Waals surface area contributed by atoms with E-state index >= 15 is 0 Å². The molecule has 104 valence electrons. The van der Waals surface area contributed by atoms with Gasteiger partial charge in [0.2, 0.25) is 0 Å². The van der Waals surface area contributed by atoms with Gasteiger partial charge in [-0.2, -0.15) is 0 Å². The Labute approximate surface area is 119 Å². The van der Waals surface area contributed by atoms with Crippen LogP contribution in [0.3, 0.4) is 0 Å². The quantitative estimate of drug-likeness (QED) is 0.916. The molecule has 3 nitrogen and oxygen atoms in total. The second kappa shape index (κ2) is 6.96. The molecule has 19 heavy (non-hydrogen) atoms. The van der Waals surface area contributed by atoms with Gasteiger partial charge < -0.3 is 10.1 Å². The third kappa shape index (κ3) is 3.98. The summed E-state index contributed by atoms with van der Waals surface area (Å²) in [5.74, 6) is 1.78. The number of nitrogens with zero attached hydrogens (tertiary/aromatic N) is 1. The van der Waals surface area contributed by atoms with Crippen LogP contribution in [0.25, 0.3) is 0 Å². The minimum absolute atomic E-state index is 0.398. The van der Waals surface area contributed by atoms with E-state index in [2.05, 4.69) is 43.4 Å². The standard InChI is InChI=1S/C15H22N2OS/c1-11-10-19-15(16-12(11)2)17-14-7-5-4-6-13(14)8-9-18-3/h4-7,11-12H,8-10H2,1-3H3,(H,16,17). The molecule has 1 heterocycles. The molecule has 0 fully saturated rings. The van der Waals surface area contributed by atoms with Crippen molar-refractivity contribution in [3.05, 3.63) is 29.8 Å². The van der Waals surface area contributed by atoms with Crippen molar-refractivity contribution in [2.75, 3.05) is 24.8 Å². The number of amidine groups is 1. The topological polar surface area (TPSA) is 33.6 Å². The summed E-state index contributed by atoms with van der Waals surface area (Å²) >= 11 is 1.81. The summed E-state index contributed by atoms with van der Waals surface area (Å²) in [4.78, 5) is 4.72. The van der Waals surface area contributed by atoms with Gasteiger partial charge in [-0.25, -0.2) is 0 Å². The van der Waals surface area contributed by atoms with Crippen LogP contribution in [-0.2, 0) is 11.2 Å². The Morgan fingerprint density at radius 2 is 2.16 bits per heavy atom. The minimum atomic E-state index is 0.398. The van der Waals surface area contributed by atoms with Gasteiger partial charge in [0.1, 0.15) is 0 Å². The van der Waals surface area contributed by atoms with Gasteiger partial charge in [0.25, 0.3) is 0 Å². The average molecular weight is 278 g/mol. The van der Waals surface area contributed by atoms with Gasteiger partial charge >= 0.3 is 0 Å². The van der Waals surface area contributed by atoms with E-state index in [9.17, 15) is 0 Å². The molecule has 0 spiro atoms. The van der Waals surface area contributed by atoms with Crippen LogP contribution in [0.15, 0.2) is 29.3 Å². The van der Waals surface area contributed by atoms with E-state index in [1.54, 1.807) is 7.11 Å². The monoisotopic (exact) mass is 278 g/mol. The first-order valence-corrected chi connectivity index (χ1v) is 7.73. The fraction of sp³-hybridized carbons (Fsp3) is 0.533. The van der Waals surface area contributed by atoms with Crippen LogP contribution in [0.1, 0.15) is 19.4 Å². The van der Waals surface area contributed by atoms with Crippen molar-refractivity contribution in [3.63, 3.8) is 0 Å². The fourth-order valence-corrected chi connectivity index (χ4v) is 3.08. The van der Waals surface area contributed by atoms with E-state index in [4.69, 9.17) is 9.73 Å². The lowest BCUT2D eigenvalue weighted by Gasteiger charge is -2.24. The fourth-order valence-electron chi connectivity index (χ4n) is 1.95. The van der Waals surface area contributed by atoms with Crippen molar-refractivity contribution in [2.45, 2.75) is 26.3 Å². The highest BCUT2D eigenvalue weighted by Gasteiger charge is 2.19. The molecule has 0 aromatic heterocycles. The highest BCUT2D eigenvalue weighted by Crippen LogP contribution is 2.25. The second-order valence-corrected chi connectivity index (χ2v) is 6.00. The lowest BCUT2D eigenvalue weighted by molar-refractivity contribution is 0.202. The number of benzene rings is 1. The number of rotatable bonds is 4. The number of thioether (sulfide) groups is 1. The van der Waals surface area contributed by atoms with Crippen LogP contribution in [0.4, 0.5) is 5.69 Å². The summed E-state index contributed by atoms with van der Waals surface area (Å²) in [6.45, 7) is 5.18. The molecule has 2 rings (SSSR count). The first-order chi connectivity index (χ1) is 9.20. The van der Waals surface area contributed by atoms with Crippen LogP contribution >= 0.6 is 11.8 Å². The molecular formula is C15H22N2OS. The molecule has 1 aromatic carbocycles. The number of methoxy groups -OCH3 is 1. The number of para-hydroxylation sites is 1. The van der Waals surface area contributed by atoms with Crippen LogP contribution in [-0.4, -0.2) is 30.7 Å². The molecule has 0 aliphatic carbocycles. The smallest absolute Gasteiger partial charge is 0.161 e. The molecule has 2 atom stereocenters. The van der Waals surface area contributed by atoms with Gasteiger partial charge in [-0.1, -0.05) is 36.9 Å². The van der Waals surface area contributed by atoms with Crippen molar-refractivity contribution in [2.24, 2.45) is 10.9 Å². The summed E-state index contributed by atoms with van der Waals surface area (Å²) in [6.07, 6.45) is 0.920. The maximum atomic E-state index is 5.16. The molecular weight excluding hydrogens is 256 g/mol. The normalized spacial score (nSPS) is 23.0. The first kappa shape index (κ1) is 14.4. The zero-order valence-corrected chi connectivity index (χ0v) is 12.7. The molecule has 1 N–H and O–H groups in total. The molecule has 1 aliphatic heterocycles. The Hall–Kier alpha value is -1.000. The number of hydrogen-bond acceptors (Lipinski definition) is 4. The maximum Gasteiger partial charge on any atom is 0.161 e. The van der Waals surface area contributed by atoms with Crippen molar-refractivity contribution in [1.29, 1.82) is 0 Å². The Morgan fingerprint density at radius 1 is 1.37 bits per heavy atom. The van der Waals surface area contributed by atoms with Gasteiger partial charge in [0.05, 0.1) is 12.6 Å². The third-order valence-corrected chi connectivity index (χ3v) is 4.64.